The fraction of sp³-hybridized carbons (Fsp3) is 0.600. The molecule has 0 aliphatic rings. The standard InChI is InChI=1S/C15H25NO8SSi/c1-13(14-9-5-6-10-15(14)16(17)18)24-25(19,20)11-7-8-12-26(21-2,22-3)23-4/h5-6,9-10,13H,7-8,11-12H2,1-4H3. The van der Waals surface area contributed by atoms with Gasteiger partial charge in [-0.05, 0) is 25.8 Å². The first-order chi connectivity index (χ1) is 12.2. The molecule has 1 unspecified atom stereocenters. The number of para-hydroxylation sites is 1. The molecule has 0 radical (unpaired) electrons. The van der Waals surface area contributed by atoms with Crippen LogP contribution >= 0.6 is 0 Å². The van der Waals surface area contributed by atoms with Gasteiger partial charge in [0.25, 0.3) is 15.8 Å². The van der Waals surface area contributed by atoms with Crippen molar-refractivity contribution in [3.8, 4) is 0 Å². The van der Waals surface area contributed by atoms with Crippen LogP contribution in [0.1, 0.15) is 31.4 Å². The summed E-state index contributed by atoms with van der Waals surface area (Å²) in [6.07, 6.45) is -0.104. The molecule has 0 aliphatic carbocycles. The Labute approximate surface area is 154 Å². The molecule has 26 heavy (non-hydrogen) atoms. The topological polar surface area (TPSA) is 114 Å². The first-order valence-electron chi connectivity index (χ1n) is 8.00. The Morgan fingerprint density at radius 1 is 1.12 bits per heavy atom. The maximum Gasteiger partial charge on any atom is 0.500 e. The van der Waals surface area contributed by atoms with Crippen molar-refractivity contribution < 1.29 is 30.8 Å². The predicted molar refractivity (Wildman–Crippen MR) is 97.2 cm³/mol. The van der Waals surface area contributed by atoms with E-state index in [1.807, 2.05) is 0 Å². The zero-order valence-electron chi connectivity index (χ0n) is 15.3. The van der Waals surface area contributed by atoms with Crippen molar-refractivity contribution in [2.45, 2.75) is 31.9 Å². The molecule has 0 N–H and O–H groups in total. The lowest BCUT2D eigenvalue weighted by Gasteiger charge is -2.24. The fourth-order valence-corrected chi connectivity index (χ4v) is 5.49. The van der Waals surface area contributed by atoms with Gasteiger partial charge in [0.2, 0.25) is 0 Å². The minimum absolute atomic E-state index is 0.175. The highest BCUT2D eigenvalue weighted by Gasteiger charge is 2.37. The first kappa shape index (κ1) is 22.7. The number of hydrogen-bond acceptors (Lipinski definition) is 8. The van der Waals surface area contributed by atoms with Crippen LogP contribution in [-0.2, 0) is 27.6 Å². The maximum atomic E-state index is 12.2. The Morgan fingerprint density at radius 3 is 2.23 bits per heavy atom. The van der Waals surface area contributed by atoms with Gasteiger partial charge in [0.1, 0.15) is 6.10 Å². The fourth-order valence-electron chi connectivity index (χ4n) is 2.49. The maximum absolute atomic E-state index is 12.2. The third kappa shape index (κ3) is 6.41. The van der Waals surface area contributed by atoms with Gasteiger partial charge in [-0.3, -0.25) is 14.3 Å². The Hall–Kier alpha value is -1.37. The molecule has 0 saturated carbocycles. The minimum Gasteiger partial charge on any atom is -0.377 e. The van der Waals surface area contributed by atoms with Crippen molar-refractivity contribution in [1.29, 1.82) is 0 Å². The zero-order chi connectivity index (χ0) is 19.8. The van der Waals surface area contributed by atoms with Gasteiger partial charge in [0.15, 0.2) is 0 Å². The second kappa shape index (κ2) is 10.1. The van der Waals surface area contributed by atoms with Gasteiger partial charge < -0.3 is 13.3 Å². The lowest BCUT2D eigenvalue weighted by atomic mass is 10.1. The molecule has 9 nitrogen and oxygen atoms in total. The smallest absolute Gasteiger partial charge is 0.377 e. The zero-order valence-corrected chi connectivity index (χ0v) is 17.2. The summed E-state index contributed by atoms with van der Waals surface area (Å²) in [5.41, 5.74) is 0.0388. The van der Waals surface area contributed by atoms with E-state index in [-0.39, 0.29) is 17.0 Å². The van der Waals surface area contributed by atoms with E-state index < -0.39 is 29.9 Å². The normalized spacial score (nSPS) is 13.5. The Bertz CT molecular complexity index is 684. The lowest BCUT2D eigenvalue weighted by molar-refractivity contribution is -0.386. The summed E-state index contributed by atoms with van der Waals surface area (Å²) in [6, 6.07) is 6.38. The second-order valence-corrected chi connectivity index (χ2v) is 10.4. The van der Waals surface area contributed by atoms with E-state index in [0.29, 0.717) is 18.9 Å². The van der Waals surface area contributed by atoms with Crippen LogP contribution in [0.4, 0.5) is 5.69 Å². The van der Waals surface area contributed by atoms with E-state index in [1.165, 1.54) is 46.5 Å². The van der Waals surface area contributed by atoms with Crippen LogP contribution in [0.3, 0.4) is 0 Å². The van der Waals surface area contributed by atoms with Crippen LogP contribution in [0.15, 0.2) is 24.3 Å². The number of nitro groups is 1. The highest BCUT2D eigenvalue weighted by Crippen LogP contribution is 2.28. The summed E-state index contributed by atoms with van der Waals surface area (Å²) >= 11 is 0. The van der Waals surface area contributed by atoms with Crippen molar-refractivity contribution in [3.63, 3.8) is 0 Å². The van der Waals surface area contributed by atoms with Crippen molar-refractivity contribution >= 4 is 24.6 Å². The molecule has 0 heterocycles. The summed E-state index contributed by atoms with van der Waals surface area (Å²) in [5, 5.41) is 11.1. The average Bonchev–Trinajstić information content (AvgIpc) is 2.62. The molecule has 1 rings (SSSR count). The molecule has 148 valence electrons. The summed E-state index contributed by atoms with van der Waals surface area (Å²) in [4.78, 5) is 10.5. The largest absolute Gasteiger partial charge is 0.500 e. The van der Waals surface area contributed by atoms with Crippen LogP contribution < -0.4 is 0 Å². The number of benzene rings is 1. The Morgan fingerprint density at radius 2 is 1.69 bits per heavy atom. The third-order valence-corrected chi connectivity index (χ3v) is 8.13. The molecular weight excluding hydrogens is 382 g/mol. The van der Waals surface area contributed by atoms with E-state index in [4.69, 9.17) is 17.5 Å². The Kier molecular flexibility index (Phi) is 8.80. The molecule has 1 atom stereocenters. The number of hydrogen-bond donors (Lipinski definition) is 0. The first-order valence-corrected chi connectivity index (χ1v) is 11.5. The molecule has 1 aromatic carbocycles. The van der Waals surface area contributed by atoms with Crippen LogP contribution in [0.2, 0.25) is 6.04 Å². The van der Waals surface area contributed by atoms with Gasteiger partial charge in [-0.2, -0.15) is 8.42 Å². The number of nitro benzene ring substituents is 1. The van der Waals surface area contributed by atoms with Crippen molar-refractivity contribution in [2.75, 3.05) is 27.1 Å². The number of rotatable bonds is 12. The summed E-state index contributed by atoms with van der Waals surface area (Å²) < 4.78 is 45.2. The average molecular weight is 408 g/mol. The second-order valence-electron chi connectivity index (χ2n) is 5.57. The van der Waals surface area contributed by atoms with Crippen LogP contribution in [0, 0.1) is 10.1 Å². The SMILES string of the molecule is CO[Si](CCCCS(=O)(=O)OC(C)c1ccccc1[N+](=O)[O-])(OC)OC. The van der Waals surface area contributed by atoms with Crippen LogP contribution in [0.25, 0.3) is 0 Å². The van der Waals surface area contributed by atoms with Crippen LogP contribution in [0.5, 0.6) is 0 Å². The van der Waals surface area contributed by atoms with Gasteiger partial charge in [-0.1, -0.05) is 12.1 Å². The predicted octanol–water partition coefficient (Wildman–Crippen LogP) is 2.66. The van der Waals surface area contributed by atoms with Crippen molar-refractivity contribution in [3.05, 3.63) is 39.9 Å². The van der Waals surface area contributed by atoms with Gasteiger partial charge in [-0.15, -0.1) is 0 Å². The van der Waals surface area contributed by atoms with E-state index in [9.17, 15) is 18.5 Å². The molecular formula is C15H25NO8SSi. The van der Waals surface area contributed by atoms with Gasteiger partial charge in [0.05, 0.1) is 16.2 Å². The molecule has 0 amide bonds. The van der Waals surface area contributed by atoms with Gasteiger partial charge in [-0.25, -0.2) is 0 Å². The van der Waals surface area contributed by atoms with Crippen molar-refractivity contribution in [1.82, 2.24) is 0 Å². The summed E-state index contributed by atoms with van der Waals surface area (Å²) in [5.74, 6) is -0.209. The highest BCUT2D eigenvalue weighted by molar-refractivity contribution is 7.86. The number of unbranched alkanes of at least 4 members (excludes halogenated alkanes) is 1. The van der Waals surface area contributed by atoms with Crippen LogP contribution in [-0.4, -0.2) is 49.2 Å². The van der Waals surface area contributed by atoms with E-state index in [2.05, 4.69) is 0 Å². The molecule has 0 aromatic heterocycles. The molecule has 11 heteroatoms. The quantitative estimate of drug-likeness (QED) is 0.171. The molecule has 1 aromatic rings. The molecule has 0 bridgehead atoms. The third-order valence-electron chi connectivity index (χ3n) is 3.92. The molecule has 0 aliphatic heterocycles. The monoisotopic (exact) mass is 407 g/mol. The molecule has 0 saturated heterocycles. The number of nitrogens with zero attached hydrogens (tertiary/aromatic N) is 1. The van der Waals surface area contributed by atoms with Crippen molar-refractivity contribution in [2.24, 2.45) is 0 Å². The summed E-state index contributed by atoms with van der Waals surface area (Å²) in [6.45, 7) is 1.47. The van der Waals surface area contributed by atoms with Gasteiger partial charge >= 0.3 is 8.80 Å². The molecule has 0 spiro atoms. The lowest BCUT2D eigenvalue weighted by Crippen LogP contribution is -2.42. The minimum atomic E-state index is -3.84. The molecule has 0 fully saturated rings. The van der Waals surface area contributed by atoms with E-state index in [1.54, 1.807) is 6.07 Å². The highest BCUT2D eigenvalue weighted by atomic mass is 32.2. The van der Waals surface area contributed by atoms with E-state index >= 15 is 0 Å². The summed E-state index contributed by atoms with van der Waals surface area (Å²) in [7, 11) is -2.09. The van der Waals surface area contributed by atoms with Gasteiger partial charge in [0, 0.05) is 33.4 Å². The Balaban J connectivity index is 2.63. The van der Waals surface area contributed by atoms with E-state index in [0.717, 1.165) is 0 Å².